The summed E-state index contributed by atoms with van der Waals surface area (Å²) in [5.74, 6) is -0.274. The maximum absolute atomic E-state index is 12.7. The van der Waals surface area contributed by atoms with E-state index in [1.165, 1.54) is 28.1 Å². The van der Waals surface area contributed by atoms with Crippen molar-refractivity contribution in [1.82, 2.24) is 9.80 Å². The molecule has 246 valence electrons. The minimum Gasteiger partial charge on any atom is -0.481 e. The van der Waals surface area contributed by atoms with Crippen molar-refractivity contribution in [2.75, 3.05) is 81.9 Å². The van der Waals surface area contributed by atoms with Gasteiger partial charge < -0.3 is 19.6 Å². The maximum atomic E-state index is 12.7. The summed E-state index contributed by atoms with van der Waals surface area (Å²) in [6, 6.07) is 26.2. The fourth-order valence-electron chi connectivity index (χ4n) is 6.34. The average Bonchev–Trinajstić information content (AvgIpc) is 3.09. The molecule has 1 unspecified atom stereocenters. The zero-order valence-corrected chi connectivity index (χ0v) is 27.7. The smallest absolute Gasteiger partial charge is 0.307 e. The molecule has 0 bridgehead atoms. The summed E-state index contributed by atoms with van der Waals surface area (Å²) in [7, 11) is 0. The Hall–Kier alpha value is -3.88. The van der Waals surface area contributed by atoms with Gasteiger partial charge in [-0.05, 0) is 52.4 Å². The highest BCUT2D eigenvalue weighted by Crippen LogP contribution is 2.28. The van der Waals surface area contributed by atoms with E-state index in [1.807, 2.05) is 0 Å². The SMILES string of the molecule is CC(C)c1cccc(-c2cccc(N3CCN(CCC(=O)OCC(C)c4cccc(N5CCN(CCC(=O)O)CC5)c4)CC3)c2)c1. The Balaban J connectivity index is 1.03. The summed E-state index contributed by atoms with van der Waals surface area (Å²) in [5, 5.41) is 8.95. The predicted octanol–water partition coefficient (Wildman–Crippen LogP) is 5.93. The van der Waals surface area contributed by atoms with E-state index in [2.05, 4.69) is 113 Å². The number of carbonyl (C=O) groups excluding carboxylic acids is 1. The van der Waals surface area contributed by atoms with Crippen molar-refractivity contribution in [3.8, 4) is 11.1 Å². The average molecular weight is 627 g/mol. The summed E-state index contributed by atoms with van der Waals surface area (Å²) in [6.45, 7) is 15.5. The fourth-order valence-corrected chi connectivity index (χ4v) is 6.34. The minimum absolute atomic E-state index is 0.105. The summed E-state index contributed by atoms with van der Waals surface area (Å²) in [5.41, 5.74) is 7.45. The Morgan fingerprint density at radius 3 is 1.80 bits per heavy atom. The van der Waals surface area contributed by atoms with Crippen molar-refractivity contribution in [3.05, 3.63) is 83.9 Å². The minimum atomic E-state index is -0.746. The molecule has 8 nitrogen and oxygen atoms in total. The molecule has 2 heterocycles. The van der Waals surface area contributed by atoms with Gasteiger partial charge in [-0.3, -0.25) is 19.4 Å². The van der Waals surface area contributed by atoms with Crippen LogP contribution in [0.2, 0.25) is 0 Å². The third-order valence-corrected chi connectivity index (χ3v) is 9.42. The number of carboxylic acid groups (broad SMARTS) is 1. The standard InChI is InChI=1S/C38H50N4O4/c1-29(2)31-7-4-9-33(25-31)34-10-6-12-36(27-34)42-23-19-40(20-24-42)16-14-38(45)46-28-30(3)32-8-5-11-35(26-32)41-21-17-39(18-22-41)15-13-37(43)44/h4-12,25-27,29-30H,13-24,28H2,1-3H3,(H,43,44). The molecular weight excluding hydrogens is 576 g/mol. The lowest BCUT2D eigenvalue weighted by Gasteiger charge is -2.36. The number of rotatable bonds is 13. The largest absolute Gasteiger partial charge is 0.481 e. The molecule has 8 heteroatoms. The van der Waals surface area contributed by atoms with Crippen molar-refractivity contribution in [2.45, 2.75) is 45.4 Å². The molecule has 0 aliphatic carbocycles. The molecular formula is C38H50N4O4. The van der Waals surface area contributed by atoms with E-state index in [4.69, 9.17) is 9.84 Å². The van der Waals surface area contributed by atoms with Gasteiger partial charge in [0.25, 0.3) is 0 Å². The highest BCUT2D eigenvalue weighted by molar-refractivity contribution is 5.70. The number of hydrogen-bond donors (Lipinski definition) is 1. The molecule has 0 saturated carbocycles. The van der Waals surface area contributed by atoms with Crippen molar-refractivity contribution in [2.24, 2.45) is 0 Å². The van der Waals surface area contributed by atoms with E-state index in [9.17, 15) is 9.59 Å². The Morgan fingerprint density at radius 2 is 1.20 bits per heavy atom. The van der Waals surface area contributed by atoms with Crippen LogP contribution < -0.4 is 9.80 Å². The molecule has 2 saturated heterocycles. The fraction of sp³-hybridized carbons (Fsp3) is 0.474. The maximum Gasteiger partial charge on any atom is 0.307 e. The van der Waals surface area contributed by atoms with Gasteiger partial charge >= 0.3 is 11.9 Å². The van der Waals surface area contributed by atoms with E-state index in [1.54, 1.807) is 0 Å². The van der Waals surface area contributed by atoms with Gasteiger partial charge in [-0.25, -0.2) is 0 Å². The van der Waals surface area contributed by atoms with E-state index < -0.39 is 5.97 Å². The molecule has 1 N–H and O–H groups in total. The Kier molecular flexibility index (Phi) is 11.7. The van der Waals surface area contributed by atoms with Crippen molar-refractivity contribution in [3.63, 3.8) is 0 Å². The van der Waals surface area contributed by atoms with E-state index in [0.29, 0.717) is 25.5 Å². The van der Waals surface area contributed by atoms with Gasteiger partial charge in [-0.15, -0.1) is 0 Å². The molecule has 2 fully saturated rings. The number of piperazine rings is 2. The molecule has 46 heavy (non-hydrogen) atoms. The lowest BCUT2D eigenvalue weighted by Crippen LogP contribution is -2.47. The van der Waals surface area contributed by atoms with Gasteiger partial charge in [-0.1, -0.05) is 69.3 Å². The Morgan fingerprint density at radius 1 is 0.674 bits per heavy atom. The monoisotopic (exact) mass is 626 g/mol. The molecule has 0 aromatic heterocycles. The molecule has 0 radical (unpaired) electrons. The highest BCUT2D eigenvalue weighted by atomic mass is 16.5. The van der Waals surface area contributed by atoms with Crippen LogP contribution in [0.15, 0.2) is 72.8 Å². The number of nitrogens with zero attached hydrogens (tertiary/aromatic N) is 4. The van der Waals surface area contributed by atoms with Crippen LogP contribution >= 0.6 is 0 Å². The number of anilines is 2. The molecule has 3 aromatic rings. The summed E-state index contributed by atoms with van der Waals surface area (Å²) in [6.07, 6.45) is 0.590. The zero-order chi connectivity index (χ0) is 32.5. The van der Waals surface area contributed by atoms with Gasteiger partial charge in [-0.2, -0.15) is 0 Å². The molecule has 0 spiro atoms. The number of esters is 1. The molecule has 2 aliphatic rings. The van der Waals surface area contributed by atoms with Crippen molar-refractivity contribution >= 4 is 23.3 Å². The first-order valence-electron chi connectivity index (χ1n) is 16.9. The van der Waals surface area contributed by atoms with Crippen LogP contribution in [0, 0.1) is 0 Å². The van der Waals surface area contributed by atoms with Gasteiger partial charge in [0.2, 0.25) is 0 Å². The summed E-state index contributed by atoms with van der Waals surface area (Å²) >= 11 is 0. The number of aliphatic carboxylic acids is 1. The number of carbonyl (C=O) groups is 2. The first-order valence-corrected chi connectivity index (χ1v) is 16.9. The first-order chi connectivity index (χ1) is 22.2. The third kappa shape index (κ3) is 9.33. The van der Waals surface area contributed by atoms with Crippen LogP contribution in [0.5, 0.6) is 0 Å². The molecule has 0 amide bonds. The second kappa shape index (κ2) is 16.1. The van der Waals surface area contributed by atoms with Gasteiger partial charge in [0, 0.05) is 82.7 Å². The summed E-state index contributed by atoms with van der Waals surface area (Å²) in [4.78, 5) is 32.9. The van der Waals surface area contributed by atoms with Gasteiger partial charge in [0.15, 0.2) is 0 Å². The molecule has 3 aromatic carbocycles. The van der Waals surface area contributed by atoms with Crippen LogP contribution in [-0.2, 0) is 14.3 Å². The van der Waals surface area contributed by atoms with Crippen molar-refractivity contribution < 1.29 is 19.4 Å². The molecule has 2 aliphatic heterocycles. The zero-order valence-electron chi connectivity index (χ0n) is 27.7. The lowest BCUT2D eigenvalue weighted by atomic mass is 9.97. The Labute approximate surface area is 274 Å². The third-order valence-electron chi connectivity index (χ3n) is 9.42. The van der Waals surface area contributed by atoms with Crippen LogP contribution in [-0.4, -0.2) is 98.9 Å². The second-order valence-corrected chi connectivity index (χ2v) is 13.1. The lowest BCUT2D eigenvalue weighted by molar-refractivity contribution is -0.144. The number of hydrogen-bond acceptors (Lipinski definition) is 7. The predicted molar refractivity (Wildman–Crippen MR) is 186 cm³/mol. The van der Waals surface area contributed by atoms with Crippen LogP contribution in [0.25, 0.3) is 11.1 Å². The van der Waals surface area contributed by atoms with Gasteiger partial charge in [0.1, 0.15) is 0 Å². The number of ether oxygens (including phenoxy) is 1. The van der Waals surface area contributed by atoms with E-state index in [-0.39, 0.29) is 18.3 Å². The number of carboxylic acids is 1. The normalized spacial score (nSPS) is 16.9. The quantitative estimate of drug-likeness (QED) is 0.234. The highest BCUT2D eigenvalue weighted by Gasteiger charge is 2.21. The topological polar surface area (TPSA) is 76.6 Å². The summed E-state index contributed by atoms with van der Waals surface area (Å²) < 4.78 is 5.72. The first kappa shape index (κ1) is 33.5. The molecule has 5 rings (SSSR count). The second-order valence-electron chi connectivity index (χ2n) is 13.1. The molecule has 1 atom stereocenters. The van der Waals surface area contributed by atoms with Crippen molar-refractivity contribution in [1.29, 1.82) is 0 Å². The van der Waals surface area contributed by atoms with Gasteiger partial charge in [0.05, 0.1) is 19.4 Å². The van der Waals surface area contributed by atoms with Crippen LogP contribution in [0.1, 0.15) is 56.6 Å². The van der Waals surface area contributed by atoms with E-state index in [0.717, 1.165) is 64.5 Å². The van der Waals surface area contributed by atoms with Crippen LogP contribution in [0.3, 0.4) is 0 Å². The van der Waals surface area contributed by atoms with E-state index >= 15 is 0 Å². The van der Waals surface area contributed by atoms with Crippen LogP contribution in [0.4, 0.5) is 11.4 Å². The Bertz CT molecular complexity index is 1440. The number of benzene rings is 3.